The minimum Gasteiger partial charge on any atom is -0.497 e. The largest absolute Gasteiger partial charge is 0.497 e. The normalized spacial score (nSPS) is 13.6. The summed E-state index contributed by atoms with van der Waals surface area (Å²) < 4.78 is 9.82. The quantitative estimate of drug-likeness (QED) is 0.647. The third-order valence-electron chi connectivity index (χ3n) is 5.03. The average Bonchev–Trinajstić information content (AvgIpc) is 3.09. The molecule has 0 aliphatic carbocycles. The van der Waals surface area contributed by atoms with Gasteiger partial charge < -0.3 is 14.2 Å². The van der Waals surface area contributed by atoms with E-state index in [-0.39, 0.29) is 17.8 Å². The summed E-state index contributed by atoms with van der Waals surface area (Å²) in [6.07, 6.45) is 0.868. The van der Waals surface area contributed by atoms with Gasteiger partial charge in [0.1, 0.15) is 5.75 Å². The van der Waals surface area contributed by atoms with Crippen LogP contribution < -0.4 is 20.9 Å². The number of nitrogens with zero attached hydrogens (tertiary/aromatic N) is 5. The third-order valence-corrected chi connectivity index (χ3v) is 5.03. The molecule has 146 valence electrons. The highest BCUT2D eigenvalue weighted by Gasteiger charge is 2.26. The van der Waals surface area contributed by atoms with Crippen LogP contribution in [0.4, 0.5) is 11.6 Å². The Bertz CT molecular complexity index is 1180. The highest BCUT2D eigenvalue weighted by atomic mass is 16.5. The Morgan fingerprint density at radius 1 is 1.21 bits per heavy atom. The Kier molecular flexibility index (Phi) is 4.33. The van der Waals surface area contributed by atoms with Crippen LogP contribution in [-0.4, -0.2) is 32.3 Å². The molecule has 0 fully saturated rings. The van der Waals surface area contributed by atoms with Gasteiger partial charge in [0.2, 0.25) is 5.95 Å². The lowest BCUT2D eigenvalue weighted by molar-refractivity contribution is 0.415. The minimum absolute atomic E-state index is 0.199. The van der Waals surface area contributed by atoms with E-state index in [2.05, 4.69) is 16.5 Å². The molecule has 0 amide bonds. The molecule has 3 heterocycles. The highest BCUT2D eigenvalue weighted by molar-refractivity contribution is 5.77. The van der Waals surface area contributed by atoms with Crippen LogP contribution in [0.2, 0.25) is 0 Å². The van der Waals surface area contributed by atoms with E-state index in [0.29, 0.717) is 23.7 Å². The Morgan fingerprint density at radius 3 is 2.57 bits per heavy atom. The molecule has 2 aromatic heterocycles. The summed E-state index contributed by atoms with van der Waals surface area (Å²) in [5.41, 5.74) is 1.87. The first kappa shape index (κ1) is 18.1. The lowest BCUT2D eigenvalue weighted by Gasteiger charge is -2.29. The summed E-state index contributed by atoms with van der Waals surface area (Å²) in [5, 5.41) is 0. The van der Waals surface area contributed by atoms with Gasteiger partial charge in [0.05, 0.1) is 13.7 Å². The second kappa shape index (κ2) is 6.70. The second-order valence-corrected chi connectivity index (χ2v) is 7.13. The average molecular weight is 381 g/mol. The van der Waals surface area contributed by atoms with Gasteiger partial charge in [-0.2, -0.15) is 4.98 Å². The van der Waals surface area contributed by atoms with Crippen molar-refractivity contribution >= 4 is 22.8 Å². The highest BCUT2D eigenvalue weighted by Crippen LogP contribution is 2.31. The fourth-order valence-corrected chi connectivity index (χ4v) is 3.68. The van der Waals surface area contributed by atoms with Gasteiger partial charge in [-0.1, -0.05) is 12.2 Å². The Hall–Kier alpha value is -3.29. The van der Waals surface area contributed by atoms with Crippen molar-refractivity contribution in [1.82, 2.24) is 18.7 Å². The van der Waals surface area contributed by atoms with Gasteiger partial charge in [-0.25, -0.2) is 4.79 Å². The number of aromatic nitrogens is 4. The molecule has 8 heteroatoms. The van der Waals surface area contributed by atoms with E-state index in [1.54, 1.807) is 21.1 Å². The van der Waals surface area contributed by atoms with Gasteiger partial charge in [-0.05, 0) is 37.6 Å². The molecule has 1 aliphatic heterocycles. The zero-order chi connectivity index (χ0) is 20.0. The van der Waals surface area contributed by atoms with Crippen LogP contribution in [0.15, 0.2) is 46.0 Å². The van der Waals surface area contributed by atoms with Crippen LogP contribution in [0.1, 0.15) is 13.3 Å². The second-order valence-electron chi connectivity index (χ2n) is 7.13. The van der Waals surface area contributed by atoms with Gasteiger partial charge in [0.25, 0.3) is 5.56 Å². The van der Waals surface area contributed by atoms with Crippen molar-refractivity contribution in [3.63, 3.8) is 0 Å². The van der Waals surface area contributed by atoms with E-state index in [1.807, 2.05) is 28.8 Å². The fraction of sp³-hybridized carbons (Fsp3) is 0.350. The first-order valence-corrected chi connectivity index (χ1v) is 9.18. The fourth-order valence-electron chi connectivity index (χ4n) is 3.68. The Morgan fingerprint density at radius 2 is 1.93 bits per heavy atom. The summed E-state index contributed by atoms with van der Waals surface area (Å²) in [6.45, 7) is 7.29. The van der Waals surface area contributed by atoms with Crippen molar-refractivity contribution in [3.8, 4) is 5.75 Å². The molecule has 3 aromatic rings. The number of fused-ring (bicyclic) bond motifs is 3. The number of methoxy groups -OCH3 is 1. The SMILES string of the molecule is C=C(C)Cn1c(=O)c2c(nc3n2CCCN3c2ccc(OC)cc2)n(C)c1=O. The predicted molar refractivity (Wildman–Crippen MR) is 109 cm³/mol. The molecule has 0 N–H and O–H groups in total. The maximum atomic E-state index is 13.1. The summed E-state index contributed by atoms with van der Waals surface area (Å²) in [5.74, 6) is 1.45. The number of ether oxygens (including phenoxy) is 1. The van der Waals surface area contributed by atoms with Crippen LogP contribution in [0.3, 0.4) is 0 Å². The van der Waals surface area contributed by atoms with Gasteiger partial charge in [0.15, 0.2) is 11.2 Å². The number of allylic oxidation sites excluding steroid dienone is 1. The van der Waals surface area contributed by atoms with E-state index in [9.17, 15) is 9.59 Å². The van der Waals surface area contributed by atoms with Crippen molar-refractivity contribution in [3.05, 3.63) is 57.3 Å². The van der Waals surface area contributed by atoms with Crippen molar-refractivity contribution < 1.29 is 4.74 Å². The van der Waals surface area contributed by atoms with E-state index < -0.39 is 0 Å². The van der Waals surface area contributed by atoms with Crippen molar-refractivity contribution in [2.45, 2.75) is 26.4 Å². The molecular weight excluding hydrogens is 358 g/mol. The topological polar surface area (TPSA) is 74.3 Å². The molecular formula is C20H23N5O3. The molecule has 8 nitrogen and oxygen atoms in total. The van der Waals surface area contributed by atoms with Gasteiger partial charge in [-0.15, -0.1) is 0 Å². The Labute approximate surface area is 161 Å². The number of hydrogen-bond acceptors (Lipinski definition) is 5. The maximum Gasteiger partial charge on any atom is 0.332 e. The molecule has 0 saturated heterocycles. The monoisotopic (exact) mass is 381 g/mol. The Balaban J connectivity index is 1.94. The van der Waals surface area contributed by atoms with E-state index in [1.165, 1.54) is 9.13 Å². The van der Waals surface area contributed by atoms with Gasteiger partial charge in [0, 0.05) is 25.8 Å². The molecule has 0 unspecified atom stereocenters. The van der Waals surface area contributed by atoms with Crippen LogP contribution in [-0.2, 0) is 20.1 Å². The zero-order valence-corrected chi connectivity index (χ0v) is 16.3. The number of benzene rings is 1. The van der Waals surface area contributed by atoms with E-state index in [0.717, 1.165) is 30.0 Å². The van der Waals surface area contributed by atoms with Crippen LogP contribution in [0.25, 0.3) is 11.2 Å². The van der Waals surface area contributed by atoms with E-state index in [4.69, 9.17) is 4.74 Å². The lowest BCUT2D eigenvalue weighted by atomic mass is 10.2. The van der Waals surface area contributed by atoms with Crippen LogP contribution >= 0.6 is 0 Å². The number of hydrogen-bond donors (Lipinski definition) is 0. The summed E-state index contributed by atoms with van der Waals surface area (Å²) in [6, 6.07) is 7.72. The lowest BCUT2D eigenvalue weighted by Crippen LogP contribution is -2.40. The minimum atomic E-state index is -0.382. The molecule has 28 heavy (non-hydrogen) atoms. The summed E-state index contributed by atoms with van der Waals surface area (Å²) in [7, 11) is 3.28. The zero-order valence-electron chi connectivity index (χ0n) is 16.3. The van der Waals surface area contributed by atoms with Gasteiger partial charge in [-0.3, -0.25) is 13.9 Å². The van der Waals surface area contributed by atoms with Crippen molar-refractivity contribution in [1.29, 1.82) is 0 Å². The number of anilines is 2. The molecule has 4 rings (SSSR count). The molecule has 1 aromatic carbocycles. The van der Waals surface area contributed by atoms with Crippen LogP contribution in [0.5, 0.6) is 5.75 Å². The molecule has 0 bridgehead atoms. The summed E-state index contributed by atoms with van der Waals surface area (Å²) in [4.78, 5) is 32.5. The molecule has 0 saturated carbocycles. The van der Waals surface area contributed by atoms with Crippen molar-refractivity contribution in [2.75, 3.05) is 18.6 Å². The first-order valence-electron chi connectivity index (χ1n) is 9.18. The summed E-state index contributed by atoms with van der Waals surface area (Å²) >= 11 is 0. The molecule has 1 aliphatic rings. The number of aryl methyl sites for hydroxylation is 2. The van der Waals surface area contributed by atoms with Crippen LogP contribution in [0, 0.1) is 0 Å². The smallest absolute Gasteiger partial charge is 0.332 e. The molecule has 0 spiro atoms. The molecule has 0 radical (unpaired) electrons. The number of rotatable bonds is 4. The standard InChI is InChI=1S/C20H23N5O3/c1-13(2)12-25-18(26)16-17(22(3)20(25)27)21-19-23(10-5-11-24(16)19)14-6-8-15(28-4)9-7-14/h6-9H,1,5,10-12H2,2-4H3. The predicted octanol–water partition coefficient (Wildman–Crippen LogP) is 2.02. The van der Waals surface area contributed by atoms with Crippen molar-refractivity contribution in [2.24, 2.45) is 7.05 Å². The molecule has 0 atom stereocenters. The van der Waals surface area contributed by atoms with E-state index >= 15 is 0 Å². The number of imidazole rings is 1. The first-order chi connectivity index (χ1) is 13.4. The third kappa shape index (κ3) is 2.72. The van der Waals surface area contributed by atoms with Gasteiger partial charge >= 0.3 is 5.69 Å². The maximum absolute atomic E-state index is 13.1.